The van der Waals surface area contributed by atoms with Crippen molar-refractivity contribution in [1.29, 1.82) is 0 Å². The summed E-state index contributed by atoms with van der Waals surface area (Å²) in [5.74, 6) is -2.37. The largest absolute Gasteiger partial charge is 0.469 e. The van der Waals surface area contributed by atoms with E-state index in [9.17, 15) is 19.2 Å². The molecule has 0 aromatic carbocycles. The van der Waals surface area contributed by atoms with E-state index in [4.69, 9.17) is 0 Å². The summed E-state index contributed by atoms with van der Waals surface area (Å²) in [6, 6.07) is -1.62. The summed E-state index contributed by atoms with van der Waals surface area (Å²) >= 11 is 0. The fourth-order valence-electron chi connectivity index (χ4n) is 2.09. The van der Waals surface area contributed by atoms with Gasteiger partial charge in [-0.1, -0.05) is 6.92 Å². The second-order valence-electron chi connectivity index (χ2n) is 4.90. The van der Waals surface area contributed by atoms with Crippen molar-refractivity contribution in [2.45, 2.75) is 38.3 Å². The number of esters is 2. The molecule has 0 saturated carbocycles. The summed E-state index contributed by atoms with van der Waals surface area (Å²) in [5.41, 5.74) is 0. The number of carbonyl (C=O) groups excluding carboxylic acids is 4. The van der Waals surface area contributed by atoms with Crippen LogP contribution in [0.3, 0.4) is 0 Å². The first-order valence-corrected chi connectivity index (χ1v) is 6.64. The van der Waals surface area contributed by atoms with E-state index in [-0.39, 0.29) is 18.7 Å². The van der Waals surface area contributed by atoms with Crippen molar-refractivity contribution in [3.05, 3.63) is 0 Å². The highest BCUT2D eigenvalue weighted by molar-refractivity contribution is 5.93. The molecule has 0 aromatic heterocycles. The van der Waals surface area contributed by atoms with Gasteiger partial charge in [-0.3, -0.25) is 14.4 Å². The van der Waals surface area contributed by atoms with Gasteiger partial charge in [0.2, 0.25) is 11.8 Å². The van der Waals surface area contributed by atoms with Gasteiger partial charge < -0.3 is 20.1 Å². The molecular weight excluding hydrogens is 280 g/mol. The first-order chi connectivity index (χ1) is 9.88. The van der Waals surface area contributed by atoms with Gasteiger partial charge in [0.05, 0.1) is 20.1 Å². The molecule has 0 bridgehead atoms. The third-order valence-corrected chi connectivity index (χ3v) is 3.31. The van der Waals surface area contributed by atoms with Gasteiger partial charge in [0.1, 0.15) is 12.1 Å². The van der Waals surface area contributed by atoms with Crippen LogP contribution in [0.25, 0.3) is 0 Å². The van der Waals surface area contributed by atoms with Crippen molar-refractivity contribution in [1.82, 2.24) is 10.6 Å². The molecule has 8 heteroatoms. The smallest absolute Gasteiger partial charge is 0.328 e. The number of ether oxygens (including phenoxy) is 2. The molecule has 2 N–H and O–H groups in total. The fourth-order valence-corrected chi connectivity index (χ4v) is 2.09. The minimum atomic E-state index is -0.964. The van der Waals surface area contributed by atoms with Crippen LogP contribution in [-0.4, -0.2) is 50.1 Å². The van der Waals surface area contributed by atoms with Gasteiger partial charge in [0.15, 0.2) is 0 Å². The summed E-state index contributed by atoms with van der Waals surface area (Å²) in [7, 11) is 2.44. The molecule has 8 nitrogen and oxygen atoms in total. The lowest BCUT2D eigenvalue weighted by Crippen LogP contribution is -2.50. The standard InChI is InChI=1S/C13H20N2O6/c1-7(12(18)20-2)6-9(13(19)21-3)15-11(17)8-4-5-10(16)14-8/h7-9H,4-6H2,1-3H3,(H,14,16)(H,15,17)/t7-,8-,9+/m0/s1. The van der Waals surface area contributed by atoms with E-state index in [0.717, 1.165) is 0 Å². The molecule has 0 spiro atoms. The Kier molecular flexibility index (Phi) is 6.13. The van der Waals surface area contributed by atoms with Crippen molar-refractivity contribution in [2.24, 2.45) is 5.92 Å². The molecule has 21 heavy (non-hydrogen) atoms. The van der Waals surface area contributed by atoms with Gasteiger partial charge in [-0.25, -0.2) is 4.79 Å². The van der Waals surface area contributed by atoms with E-state index in [1.54, 1.807) is 6.92 Å². The van der Waals surface area contributed by atoms with Gasteiger partial charge in [0.25, 0.3) is 0 Å². The van der Waals surface area contributed by atoms with Gasteiger partial charge in [-0.2, -0.15) is 0 Å². The summed E-state index contributed by atoms with van der Waals surface area (Å²) in [6.07, 6.45) is 0.719. The topological polar surface area (TPSA) is 111 Å². The molecule has 0 unspecified atom stereocenters. The van der Waals surface area contributed by atoms with Crippen molar-refractivity contribution in [2.75, 3.05) is 14.2 Å². The second kappa shape index (κ2) is 7.61. The predicted octanol–water partition coefficient (Wildman–Crippen LogP) is -0.878. The average Bonchev–Trinajstić information content (AvgIpc) is 2.91. The van der Waals surface area contributed by atoms with Crippen LogP contribution in [0.15, 0.2) is 0 Å². The number of hydrogen-bond acceptors (Lipinski definition) is 6. The lowest BCUT2D eigenvalue weighted by atomic mass is 10.0. The summed E-state index contributed by atoms with van der Waals surface area (Å²) in [5, 5.41) is 5.01. The van der Waals surface area contributed by atoms with E-state index in [1.165, 1.54) is 14.2 Å². The van der Waals surface area contributed by atoms with Gasteiger partial charge in [0, 0.05) is 6.42 Å². The highest BCUT2D eigenvalue weighted by Gasteiger charge is 2.32. The van der Waals surface area contributed by atoms with Crippen molar-refractivity contribution >= 4 is 23.8 Å². The maximum absolute atomic E-state index is 12.0. The van der Waals surface area contributed by atoms with Crippen LogP contribution in [0.2, 0.25) is 0 Å². The van der Waals surface area contributed by atoms with Crippen LogP contribution in [0, 0.1) is 5.92 Å². The van der Waals surface area contributed by atoms with Gasteiger partial charge in [-0.15, -0.1) is 0 Å². The Bertz CT molecular complexity index is 436. The van der Waals surface area contributed by atoms with Crippen LogP contribution < -0.4 is 10.6 Å². The average molecular weight is 300 g/mol. The molecule has 1 heterocycles. The lowest BCUT2D eigenvalue weighted by molar-refractivity contribution is -0.149. The fraction of sp³-hybridized carbons (Fsp3) is 0.692. The van der Waals surface area contributed by atoms with E-state index in [1.807, 2.05) is 0 Å². The van der Waals surface area contributed by atoms with Crippen LogP contribution in [0.1, 0.15) is 26.2 Å². The molecule has 2 amide bonds. The monoisotopic (exact) mass is 300 g/mol. The summed E-state index contributed by atoms with van der Waals surface area (Å²) < 4.78 is 9.20. The minimum absolute atomic E-state index is 0.0613. The Hall–Kier alpha value is -2.12. The third-order valence-electron chi connectivity index (χ3n) is 3.31. The SMILES string of the molecule is COC(=O)[C@@H](C)C[C@@H](NC(=O)[C@@H]1CCC(=O)N1)C(=O)OC. The van der Waals surface area contributed by atoms with Crippen molar-refractivity contribution < 1.29 is 28.7 Å². The van der Waals surface area contributed by atoms with Crippen LogP contribution in [0.5, 0.6) is 0 Å². The van der Waals surface area contributed by atoms with Crippen LogP contribution in [-0.2, 0) is 28.7 Å². The highest BCUT2D eigenvalue weighted by Crippen LogP contribution is 2.11. The Morgan fingerprint density at radius 3 is 2.38 bits per heavy atom. The molecule has 1 fully saturated rings. The number of amides is 2. The Balaban J connectivity index is 2.65. The van der Waals surface area contributed by atoms with Gasteiger partial charge >= 0.3 is 11.9 Å². The second-order valence-corrected chi connectivity index (χ2v) is 4.90. The first-order valence-electron chi connectivity index (χ1n) is 6.64. The number of nitrogens with one attached hydrogen (secondary N) is 2. The Morgan fingerprint density at radius 1 is 1.29 bits per heavy atom. The molecule has 1 rings (SSSR count). The third kappa shape index (κ3) is 4.73. The number of rotatable bonds is 6. The molecule has 0 aliphatic carbocycles. The lowest BCUT2D eigenvalue weighted by Gasteiger charge is -2.21. The summed E-state index contributed by atoms with van der Waals surface area (Å²) in [6.45, 7) is 1.59. The molecule has 118 valence electrons. The van der Waals surface area contributed by atoms with Crippen LogP contribution >= 0.6 is 0 Å². The minimum Gasteiger partial charge on any atom is -0.469 e. The Labute approximate surface area is 122 Å². The molecule has 1 aliphatic heterocycles. The summed E-state index contributed by atoms with van der Waals surface area (Å²) in [4.78, 5) is 46.2. The molecule has 1 aliphatic rings. The maximum atomic E-state index is 12.0. The zero-order chi connectivity index (χ0) is 16.0. The van der Waals surface area contributed by atoms with E-state index in [0.29, 0.717) is 6.42 Å². The van der Waals surface area contributed by atoms with E-state index < -0.39 is 35.8 Å². The number of hydrogen-bond donors (Lipinski definition) is 2. The Morgan fingerprint density at radius 2 is 1.90 bits per heavy atom. The quantitative estimate of drug-likeness (QED) is 0.616. The number of carbonyl (C=O) groups is 4. The van der Waals surface area contributed by atoms with Crippen molar-refractivity contribution in [3.63, 3.8) is 0 Å². The van der Waals surface area contributed by atoms with Crippen molar-refractivity contribution in [3.8, 4) is 0 Å². The molecule has 1 saturated heterocycles. The zero-order valence-corrected chi connectivity index (χ0v) is 12.3. The highest BCUT2D eigenvalue weighted by atomic mass is 16.5. The number of methoxy groups -OCH3 is 2. The molecule has 0 radical (unpaired) electrons. The van der Waals surface area contributed by atoms with Crippen LogP contribution in [0.4, 0.5) is 0 Å². The molecule has 0 aromatic rings. The molecule has 3 atom stereocenters. The zero-order valence-electron chi connectivity index (χ0n) is 12.3. The van der Waals surface area contributed by atoms with E-state index in [2.05, 4.69) is 20.1 Å². The van der Waals surface area contributed by atoms with E-state index >= 15 is 0 Å². The maximum Gasteiger partial charge on any atom is 0.328 e. The normalized spacial score (nSPS) is 20.1. The molecular formula is C13H20N2O6. The predicted molar refractivity (Wildman–Crippen MR) is 70.9 cm³/mol. The first kappa shape index (κ1) is 16.9. The van der Waals surface area contributed by atoms with Gasteiger partial charge in [-0.05, 0) is 12.8 Å².